The van der Waals surface area contributed by atoms with Crippen molar-refractivity contribution in [1.29, 1.82) is 0 Å². The first-order chi connectivity index (χ1) is 14.0. The Kier molecular flexibility index (Phi) is 4.98. The maximum absolute atomic E-state index is 12.1. The van der Waals surface area contributed by atoms with Crippen LogP contribution in [0.2, 0.25) is 0 Å². The Balaban J connectivity index is 1.72. The summed E-state index contributed by atoms with van der Waals surface area (Å²) in [6.45, 7) is -0.503. The van der Waals surface area contributed by atoms with Crippen molar-refractivity contribution in [1.82, 2.24) is 19.5 Å². The predicted octanol–water partition coefficient (Wildman–Crippen LogP) is -1.12. The molecular weight excluding hydrogens is 384 g/mol. The zero-order valence-corrected chi connectivity index (χ0v) is 14.9. The summed E-state index contributed by atoms with van der Waals surface area (Å²) in [6.07, 6.45) is -2.27. The third-order valence-electron chi connectivity index (χ3n) is 4.53. The van der Waals surface area contributed by atoms with Crippen molar-refractivity contribution < 1.29 is 25.2 Å². The highest BCUT2D eigenvalue weighted by atomic mass is 16.6. The van der Waals surface area contributed by atoms with E-state index >= 15 is 0 Å². The summed E-state index contributed by atoms with van der Waals surface area (Å²) >= 11 is 0. The van der Waals surface area contributed by atoms with Gasteiger partial charge in [0.1, 0.15) is 24.1 Å². The molecule has 1 aromatic carbocycles. The first-order valence-electron chi connectivity index (χ1n) is 8.65. The van der Waals surface area contributed by atoms with E-state index in [1.807, 2.05) is 0 Å². The van der Waals surface area contributed by atoms with E-state index in [4.69, 9.17) is 4.74 Å². The highest BCUT2D eigenvalue weighted by Crippen LogP contribution is 2.33. The smallest absolute Gasteiger partial charge is 0.278 e. The van der Waals surface area contributed by atoms with Gasteiger partial charge in [0.2, 0.25) is 5.95 Å². The standard InChI is InChI=1S/C17H18N6O6/c24-6-10-12(26)13(27)16(29-10)23-14-11(15(28)19-7-18-14)21-17(23)22-20-5-8-1-3-9(25)4-2-8/h1-5,7,10,12-13,16,24-27H,6H2,(H,21,22)(H,18,19,28). The van der Waals surface area contributed by atoms with Crippen LogP contribution in [0.25, 0.3) is 11.2 Å². The van der Waals surface area contributed by atoms with Crippen molar-refractivity contribution in [2.45, 2.75) is 24.5 Å². The van der Waals surface area contributed by atoms with Crippen molar-refractivity contribution in [2.75, 3.05) is 12.0 Å². The number of phenolic OH excluding ortho intramolecular Hbond substituents is 1. The maximum Gasteiger partial charge on any atom is 0.278 e. The Morgan fingerprint density at radius 3 is 2.72 bits per heavy atom. The average Bonchev–Trinajstić information content (AvgIpc) is 3.22. The molecule has 3 heterocycles. The number of benzene rings is 1. The lowest BCUT2D eigenvalue weighted by Gasteiger charge is -2.18. The minimum Gasteiger partial charge on any atom is -0.508 e. The number of H-pyrrole nitrogens is 1. The number of imidazole rings is 1. The van der Waals surface area contributed by atoms with Crippen LogP contribution in [-0.4, -0.2) is 71.1 Å². The fourth-order valence-corrected chi connectivity index (χ4v) is 3.06. The normalized spacial score (nSPS) is 24.5. The predicted molar refractivity (Wildman–Crippen MR) is 100 cm³/mol. The minimum absolute atomic E-state index is 0.0208. The van der Waals surface area contributed by atoms with Crippen LogP contribution in [0, 0.1) is 0 Å². The number of anilines is 1. The van der Waals surface area contributed by atoms with Crippen LogP contribution in [0.4, 0.5) is 5.95 Å². The van der Waals surface area contributed by atoms with Crippen LogP contribution < -0.4 is 11.0 Å². The Labute approximate surface area is 162 Å². The molecule has 6 N–H and O–H groups in total. The summed E-state index contributed by atoms with van der Waals surface area (Å²) < 4.78 is 6.84. The van der Waals surface area contributed by atoms with Crippen molar-refractivity contribution in [3.63, 3.8) is 0 Å². The van der Waals surface area contributed by atoms with E-state index in [-0.39, 0.29) is 22.9 Å². The second-order valence-corrected chi connectivity index (χ2v) is 6.40. The number of rotatable bonds is 5. The number of hydrazone groups is 1. The molecule has 2 aromatic heterocycles. The van der Waals surface area contributed by atoms with Crippen molar-refractivity contribution in [2.24, 2.45) is 5.10 Å². The molecule has 12 heteroatoms. The summed E-state index contributed by atoms with van der Waals surface area (Å²) in [6, 6.07) is 6.28. The number of aromatic nitrogens is 4. The zero-order valence-electron chi connectivity index (χ0n) is 14.9. The Morgan fingerprint density at radius 1 is 1.28 bits per heavy atom. The second-order valence-electron chi connectivity index (χ2n) is 6.40. The highest BCUT2D eigenvalue weighted by molar-refractivity contribution is 5.80. The molecule has 152 valence electrons. The molecule has 1 aliphatic rings. The van der Waals surface area contributed by atoms with Gasteiger partial charge >= 0.3 is 0 Å². The monoisotopic (exact) mass is 402 g/mol. The van der Waals surface area contributed by atoms with Gasteiger partial charge in [-0.05, 0) is 29.8 Å². The van der Waals surface area contributed by atoms with Gasteiger partial charge in [-0.25, -0.2) is 15.4 Å². The topological polar surface area (TPSA) is 178 Å². The SMILES string of the molecule is O=c1[nH]cnc2c1nc(NN=Cc1ccc(O)cc1)n2C1OC(CO)C(O)C1O. The molecule has 0 radical (unpaired) electrons. The van der Waals surface area contributed by atoms with Gasteiger partial charge in [0, 0.05) is 0 Å². The van der Waals surface area contributed by atoms with Crippen molar-refractivity contribution >= 4 is 23.3 Å². The molecule has 3 aromatic rings. The molecule has 1 saturated heterocycles. The molecule has 0 saturated carbocycles. The Morgan fingerprint density at radius 2 is 2.03 bits per heavy atom. The quantitative estimate of drug-likeness (QED) is 0.228. The van der Waals surface area contributed by atoms with Gasteiger partial charge in [-0.1, -0.05) is 0 Å². The number of ether oxygens (including phenoxy) is 1. The Hall–Kier alpha value is -3.32. The van der Waals surface area contributed by atoms with Crippen LogP contribution in [0.1, 0.15) is 11.8 Å². The number of hydrogen-bond donors (Lipinski definition) is 6. The van der Waals surface area contributed by atoms with E-state index in [0.29, 0.717) is 5.56 Å². The second kappa shape index (κ2) is 7.60. The Bertz CT molecular complexity index is 1090. The number of nitrogens with one attached hydrogen (secondary N) is 2. The molecule has 4 rings (SSSR count). The minimum atomic E-state index is -1.40. The summed E-state index contributed by atoms with van der Waals surface area (Å²) in [5.41, 5.74) is 2.92. The van der Waals surface area contributed by atoms with Crippen LogP contribution >= 0.6 is 0 Å². The summed E-state index contributed by atoms with van der Waals surface area (Å²) in [5.74, 6) is 0.153. The molecule has 4 atom stereocenters. The van der Waals surface area contributed by atoms with Gasteiger partial charge in [0.15, 0.2) is 17.4 Å². The number of hydrogen-bond acceptors (Lipinski definition) is 10. The van der Waals surface area contributed by atoms with E-state index in [1.165, 1.54) is 29.2 Å². The van der Waals surface area contributed by atoms with Gasteiger partial charge in [0.05, 0.1) is 19.1 Å². The average molecular weight is 402 g/mol. The van der Waals surface area contributed by atoms with Crippen molar-refractivity contribution in [3.05, 3.63) is 46.5 Å². The maximum atomic E-state index is 12.1. The van der Waals surface area contributed by atoms with E-state index in [2.05, 4.69) is 25.5 Å². The van der Waals surface area contributed by atoms with Crippen LogP contribution in [-0.2, 0) is 4.74 Å². The summed E-state index contributed by atoms with van der Waals surface area (Å²) in [5, 5.41) is 43.1. The van der Waals surface area contributed by atoms with E-state index < -0.39 is 36.7 Å². The third kappa shape index (κ3) is 3.45. The fourth-order valence-electron chi connectivity index (χ4n) is 3.06. The summed E-state index contributed by atoms with van der Waals surface area (Å²) in [4.78, 5) is 22.8. The highest BCUT2D eigenvalue weighted by Gasteiger charge is 2.45. The van der Waals surface area contributed by atoms with Gasteiger partial charge in [-0.3, -0.25) is 9.36 Å². The lowest BCUT2D eigenvalue weighted by atomic mass is 10.1. The molecule has 29 heavy (non-hydrogen) atoms. The molecule has 0 bridgehead atoms. The zero-order chi connectivity index (χ0) is 20.5. The molecular formula is C17H18N6O6. The number of aliphatic hydroxyl groups excluding tert-OH is 3. The van der Waals surface area contributed by atoms with Gasteiger partial charge < -0.3 is 30.1 Å². The van der Waals surface area contributed by atoms with Gasteiger partial charge in [0.25, 0.3) is 5.56 Å². The largest absolute Gasteiger partial charge is 0.508 e. The number of aromatic hydroxyl groups is 1. The third-order valence-corrected chi connectivity index (χ3v) is 4.53. The lowest BCUT2D eigenvalue weighted by molar-refractivity contribution is -0.0501. The van der Waals surface area contributed by atoms with Crippen LogP contribution in [0.5, 0.6) is 5.75 Å². The molecule has 0 aliphatic carbocycles. The van der Waals surface area contributed by atoms with Gasteiger partial charge in [-0.2, -0.15) is 5.10 Å². The van der Waals surface area contributed by atoms with Crippen LogP contribution in [0.15, 0.2) is 40.5 Å². The number of aromatic amines is 1. The number of nitrogens with zero attached hydrogens (tertiary/aromatic N) is 4. The number of phenols is 1. The molecule has 1 aliphatic heterocycles. The fraction of sp³-hybridized carbons (Fsp3) is 0.294. The molecule has 12 nitrogen and oxygen atoms in total. The van der Waals surface area contributed by atoms with E-state index in [9.17, 15) is 25.2 Å². The van der Waals surface area contributed by atoms with E-state index in [1.54, 1.807) is 12.1 Å². The molecule has 4 unspecified atom stereocenters. The number of aliphatic hydroxyl groups is 3. The van der Waals surface area contributed by atoms with Crippen molar-refractivity contribution in [3.8, 4) is 5.75 Å². The lowest BCUT2D eigenvalue weighted by Crippen LogP contribution is -2.33. The number of fused-ring (bicyclic) bond motifs is 1. The van der Waals surface area contributed by atoms with E-state index in [0.717, 1.165) is 0 Å². The first-order valence-corrected chi connectivity index (χ1v) is 8.65. The summed E-state index contributed by atoms with van der Waals surface area (Å²) in [7, 11) is 0. The molecule has 0 spiro atoms. The molecule has 1 fully saturated rings. The molecule has 0 amide bonds. The first kappa shape index (κ1) is 19.0. The van der Waals surface area contributed by atoms with Crippen LogP contribution in [0.3, 0.4) is 0 Å². The van der Waals surface area contributed by atoms with Gasteiger partial charge in [-0.15, -0.1) is 0 Å².